The lowest BCUT2D eigenvalue weighted by Crippen LogP contribution is -2.12. The Hall–Kier alpha value is -1.13. The van der Waals surface area contributed by atoms with Crippen molar-refractivity contribution in [2.24, 2.45) is 5.73 Å². The van der Waals surface area contributed by atoms with Crippen LogP contribution in [-0.2, 0) is 0 Å². The van der Waals surface area contributed by atoms with Crippen LogP contribution < -0.4 is 10.5 Å². The lowest BCUT2D eigenvalue weighted by atomic mass is 10.1. The van der Waals surface area contributed by atoms with Crippen molar-refractivity contribution in [3.63, 3.8) is 0 Å². The topological polar surface area (TPSA) is 68.4 Å². The highest BCUT2D eigenvalue weighted by atomic mass is 16.5. The molecule has 1 unspecified atom stereocenters. The number of nitrogens with zero attached hydrogens (tertiary/aromatic N) is 1. The van der Waals surface area contributed by atoms with E-state index in [9.17, 15) is 5.11 Å². The van der Waals surface area contributed by atoms with Crippen molar-refractivity contribution in [2.45, 2.75) is 26.1 Å². The standard InChI is InChI=1S/C10H16N2O2/c1-7(2)14-9-3-8(5-12-6-9)10(13)4-11/h3,5-7,10,13H,4,11H2,1-2H3. The van der Waals surface area contributed by atoms with Gasteiger partial charge in [-0.2, -0.15) is 0 Å². The number of nitrogens with two attached hydrogens (primary N) is 1. The van der Waals surface area contributed by atoms with E-state index in [1.165, 1.54) is 0 Å². The van der Waals surface area contributed by atoms with Crippen LogP contribution in [0.1, 0.15) is 25.5 Å². The first kappa shape index (κ1) is 10.9. The van der Waals surface area contributed by atoms with Gasteiger partial charge in [0.25, 0.3) is 0 Å². The second-order valence-corrected chi connectivity index (χ2v) is 3.37. The minimum absolute atomic E-state index is 0.0991. The number of hydrogen-bond acceptors (Lipinski definition) is 4. The minimum atomic E-state index is -0.668. The molecule has 0 saturated carbocycles. The average molecular weight is 196 g/mol. The molecule has 0 aromatic carbocycles. The summed E-state index contributed by atoms with van der Waals surface area (Å²) in [5, 5.41) is 9.47. The van der Waals surface area contributed by atoms with Gasteiger partial charge in [0.15, 0.2) is 0 Å². The summed E-state index contributed by atoms with van der Waals surface area (Å²) in [5.41, 5.74) is 6.02. The third kappa shape index (κ3) is 2.97. The first-order valence-electron chi connectivity index (χ1n) is 4.63. The van der Waals surface area contributed by atoms with Crippen molar-refractivity contribution in [2.75, 3.05) is 6.54 Å². The zero-order valence-electron chi connectivity index (χ0n) is 8.47. The molecule has 0 aliphatic rings. The summed E-state index contributed by atoms with van der Waals surface area (Å²) in [4.78, 5) is 3.97. The Morgan fingerprint density at radius 1 is 1.50 bits per heavy atom. The van der Waals surface area contributed by atoms with Crippen LogP contribution >= 0.6 is 0 Å². The van der Waals surface area contributed by atoms with Gasteiger partial charge in [-0.05, 0) is 19.9 Å². The average Bonchev–Trinajstić information content (AvgIpc) is 2.16. The van der Waals surface area contributed by atoms with E-state index in [4.69, 9.17) is 10.5 Å². The Morgan fingerprint density at radius 3 is 2.79 bits per heavy atom. The van der Waals surface area contributed by atoms with Gasteiger partial charge in [0.1, 0.15) is 5.75 Å². The number of aromatic nitrogens is 1. The predicted molar refractivity (Wildman–Crippen MR) is 54.0 cm³/mol. The molecule has 14 heavy (non-hydrogen) atoms. The lowest BCUT2D eigenvalue weighted by molar-refractivity contribution is 0.184. The maximum Gasteiger partial charge on any atom is 0.138 e. The number of ether oxygens (including phenoxy) is 1. The minimum Gasteiger partial charge on any atom is -0.489 e. The van der Waals surface area contributed by atoms with Crippen LogP contribution in [0.2, 0.25) is 0 Å². The molecule has 1 aromatic heterocycles. The molecule has 1 rings (SSSR count). The molecule has 4 nitrogen and oxygen atoms in total. The van der Waals surface area contributed by atoms with Crippen molar-refractivity contribution in [1.82, 2.24) is 4.98 Å². The van der Waals surface area contributed by atoms with Gasteiger partial charge < -0.3 is 15.6 Å². The molecule has 3 N–H and O–H groups in total. The number of rotatable bonds is 4. The third-order valence-electron chi connectivity index (χ3n) is 1.71. The van der Waals surface area contributed by atoms with Crippen molar-refractivity contribution >= 4 is 0 Å². The Bertz CT molecular complexity index is 289. The SMILES string of the molecule is CC(C)Oc1cncc(C(O)CN)c1. The van der Waals surface area contributed by atoms with Crippen LogP contribution in [0.15, 0.2) is 18.5 Å². The fourth-order valence-electron chi connectivity index (χ4n) is 1.09. The van der Waals surface area contributed by atoms with Gasteiger partial charge >= 0.3 is 0 Å². The molecule has 0 fully saturated rings. The Morgan fingerprint density at radius 2 is 2.21 bits per heavy atom. The number of aliphatic hydroxyl groups is 1. The molecule has 1 atom stereocenters. The van der Waals surface area contributed by atoms with Gasteiger partial charge in [-0.3, -0.25) is 4.98 Å². The molecule has 0 saturated heterocycles. The summed E-state index contributed by atoms with van der Waals surface area (Å²) in [7, 11) is 0. The van der Waals surface area contributed by atoms with Crippen LogP contribution in [0.4, 0.5) is 0 Å². The highest BCUT2D eigenvalue weighted by Crippen LogP contribution is 2.17. The van der Waals surface area contributed by atoms with Gasteiger partial charge in [-0.1, -0.05) is 0 Å². The second-order valence-electron chi connectivity index (χ2n) is 3.37. The van der Waals surface area contributed by atoms with Gasteiger partial charge in [0.05, 0.1) is 18.4 Å². The van der Waals surface area contributed by atoms with Crippen molar-refractivity contribution in [3.05, 3.63) is 24.0 Å². The number of aliphatic hydroxyl groups excluding tert-OH is 1. The van der Waals surface area contributed by atoms with Crippen LogP contribution in [0.25, 0.3) is 0 Å². The highest BCUT2D eigenvalue weighted by molar-refractivity contribution is 5.25. The summed E-state index contributed by atoms with van der Waals surface area (Å²) in [6.07, 6.45) is 2.64. The fraction of sp³-hybridized carbons (Fsp3) is 0.500. The fourth-order valence-corrected chi connectivity index (χ4v) is 1.09. The van der Waals surface area contributed by atoms with Gasteiger partial charge in [0.2, 0.25) is 0 Å². The molecule has 0 amide bonds. The van der Waals surface area contributed by atoms with Crippen LogP contribution in [-0.4, -0.2) is 22.7 Å². The highest BCUT2D eigenvalue weighted by Gasteiger charge is 2.07. The van der Waals surface area contributed by atoms with E-state index in [0.29, 0.717) is 11.3 Å². The van der Waals surface area contributed by atoms with Crippen LogP contribution in [0.5, 0.6) is 5.75 Å². The quantitative estimate of drug-likeness (QED) is 0.749. The zero-order valence-corrected chi connectivity index (χ0v) is 8.47. The monoisotopic (exact) mass is 196 g/mol. The first-order valence-corrected chi connectivity index (χ1v) is 4.63. The molecule has 0 radical (unpaired) electrons. The van der Waals surface area contributed by atoms with Gasteiger partial charge in [-0.15, -0.1) is 0 Å². The van der Waals surface area contributed by atoms with Gasteiger partial charge in [0, 0.05) is 18.3 Å². The summed E-state index contributed by atoms with van der Waals surface area (Å²) >= 11 is 0. The molecule has 78 valence electrons. The van der Waals surface area contributed by atoms with Crippen molar-refractivity contribution in [1.29, 1.82) is 0 Å². The Labute approximate surface area is 83.7 Å². The van der Waals surface area contributed by atoms with E-state index in [2.05, 4.69) is 4.98 Å². The van der Waals surface area contributed by atoms with E-state index in [1.807, 2.05) is 13.8 Å². The molecule has 0 spiro atoms. The summed E-state index contributed by atoms with van der Waals surface area (Å²) < 4.78 is 5.44. The van der Waals surface area contributed by atoms with Crippen LogP contribution in [0.3, 0.4) is 0 Å². The molecule has 1 aromatic rings. The maximum absolute atomic E-state index is 9.47. The van der Waals surface area contributed by atoms with E-state index < -0.39 is 6.10 Å². The van der Waals surface area contributed by atoms with E-state index in [1.54, 1.807) is 18.5 Å². The first-order chi connectivity index (χ1) is 6.63. The van der Waals surface area contributed by atoms with E-state index >= 15 is 0 Å². The molecule has 0 aliphatic carbocycles. The maximum atomic E-state index is 9.47. The molecule has 1 heterocycles. The summed E-state index contributed by atoms with van der Waals surface area (Å²) in [6, 6.07) is 1.75. The molecular weight excluding hydrogens is 180 g/mol. The largest absolute Gasteiger partial charge is 0.489 e. The summed E-state index contributed by atoms with van der Waals surface area (Å²) in [6.45, 7) is 4.06. The summed E-state index contributed by atoms with van der Waals surface area (Å²) in [5.74, 6) is 0.657. The lowest BCUT2D eigenvalue weighted by Gasteiger charge is -2.12. The molecule has 0 bridgehead atoms. The predicted octanol–water partition coefficient (Wildman–Crippen LogP) is 0.861. The Kier molecular flexibility index (Phi) is 3.85. The number of hydrogen-bond donors (Lipinski definition) is 2. The van der Waals surface area contributed by atoms with Crippen molar-refractivity contribution < 1.29 is 9.84 Å². The molecular formula is C10H16N2O2. The Balaban J connectivity index is 2.78. The number of pyridine rings is 1. The second kappa shape index (κ2) is 4.93. The smallest absolute Gasteiger partial charge is 0.138 e. The van der Waals surface area contributed by atoms with Gasteiger partial charge in [-0.25, -0.2) is 0 Å². The van der Waals surface area contributed by atoms with E-state index in [0.717, 1.165) is 0 Å². The molecule has 4 heteroatoms. The molecule has 0 aliphatic heterocycles. The van der Waals surface area contributed by atoms with Crippen LogP contribution in [0, 0.1) is 0 Å². The van der Waals surface area contributed by atoms with Crippen molar-refractivity contribution in [3.8, 4) is 5.75 Å². The normalized spacial score (nSPS) is 12.9. The zero-order chi connectivity index (χ0) is 10.6. The van der Waals surface area contributed by atoms with E-state index in [-0.39, 0.29) is 12.6 Å². The third-order valence-corrected chi connectivity index (χ3v) is 1.71.